The van der Waals surface area contributed by atoms with Gasteiger partial charge in [0, 0.05) is 54.5 Å². The van der Waals surface area contributed by atoms with Gasteiger partial charge >= 0.3 is 0 Å². The topological polar surface area (TPSA) is 36.1 Å². The van der Waals surface area contributed by atoms with Gasteiger partial charge in [0.15, 0.2) is 0 Å². The zero-order valence-electron chi connectivity index (χ0n) is 31.2. The molecule has 4 heterocycles. The van der Waals surface area contributed by atoms with Crippen LogP contribution < -0.4 is 0 Å². The predicted molar refractivity (Wildman–Crippen MR) is 241 cm³/mol. The first-order valence-corrected chi connectivity index (χ1v) is 19.7. The molecule has 4 nitrogen and oxygen atoms in total. The van der Waals surface area contributed by atoms with Gasteiger partial charge < -0.3 is 18.0 Å². The molecule has 13 rings (SSSR count). The Morgan fingerprint density at radius 3 is 1.14 bits per heavy atom. The fourth-order valence-electron chi connectivity index (χ4n) is 9.46. The molecule has 4 heteroatoms. The van der Waals surface area contributed by atoms with Crippen molar-refractivity contribution in [3.05, 3.63) is 194 Å². The molecule has 0 spiro atoms. The first kappa shape index (κ1) is 31.4. The first-order chi connectivity index (χ1) is 28.7. The molecule has 0 saturated carbocycles. The van der Waals surface area contributed by atoms with Gasteiger partial charge in [0.2, 0.25) is 0 Å². The molecule has 270 valence electrons. The Hall–Kier alpha value is -7.82. The Bertz CT molecular complexity index is 3540. The number of furan rings is 2. The molecule has 0 atom stereocenters. The van der Waals surface area contributed by atoms with Crippen molar-refractivity contribution in [2.24, 2.45) is 0 Å². The summed E-state index contributed by atoms with van der Waals surface area (Å²) < 4.78 is 17.6. The standard InChI is InChI=1S/C54H32N2O2/c1-3-11-33(12-4-1)35-19-25-47-43(29-35)41-23-24-42-44-30-36(34-13-5-2-6-14-34)20-26-48(44)56(38-22-28-52-46(32-38)40-16-8-10-18-50(40)58-52)54(42)53(41)55(47)37-21-27-51-45(31-37)39-15-7-9-17-49(39)57-51/h1-32H. The van der Waals surface area contributed by atoms with E-state index < -0.39 is 0 Å². The minimum absolute atomic E-state index is 0.880. The van der Waals surface area contributed by atoms with E-state index in [1.807, 2.05) is 24.3 Å². The van der Waals surface area contributed by atoms with Crippen molar-refractivity contribution in [3.63, 3.8) is 0 Å². The minimum atomic E-state index is 0.880. The second kappa shape index (κ2) is 11.8. The van der Waals surface area contributed by atoms with Crippen molar-refractivity contribution in [1.29, 1.82) is 0 Å². The van der Waals surface area contributed by atoms with Gasteiger partial charge in [0.25, 0.3) is 0 Å². The summed E-state index contributed by atoms with van der Waals surface area (Å²) in [6.45, 7) is 0. The summed E-state index contributed by atoms with van der Waals surface area (Å²) >= 11 is 0. The van der Waals surface area contributed by atoms with Gasteiger partial charge in [0.05, 0.1) is 22.1 Å². The van der Waals surface area contributed by atoms with E-state index in [1.165, 1.54) is 43.8 Å². The van der Waals surface area contributed by atoms with Crippen molar-refractivity contribution in [3.8, 4) is 33.6 Å². The van der Waals surface area contributed by atoms with Crippen LogP contribution in [-0.2, 0) is 0 Å². The van der Waals surface area contributed by atoms with Gasteiger partial charge in [-0.3, -0.25) is 0 Å². The molecule has 58 heavy (non-hydrogen) atoms. The lowest BCUT2D eigenvalue weighted by atomic mass is 10.0. The summed E-state index contributed by atoms with van der Waals surface area (Å²) in [4.78, 5) is 0. The number of nitrogens with zero attached hydrogens (tertiary/aromatic N) is 2. The van der Waals surface area contributed by atoms with E-state index in [2.05, 4.69) is 179 Å². The SMILES string of the molecule is c1ccc(-c2ccc3c(c2)c2ccc4c5cc(-c6ccccc6)ccc5n(-c5ccc6oc7ccccc7c6c5)c4c2n3-c2ccc3oc4ccccc4c3c2)cc1. The van der Waals surface area contributed by atoms with Crippen LogP contribution in [0.25, 0.3) is 121 Å². The Balaban J connectivity index is 1.20. The smallest absolute Gasteiger partial charge is 0.135 e. The summed E-state index contributed by atoms with van der Waals surface area (Å²) in [5, 5.41) is 9.21. The summed E-state index contributed by atoms with van der Waals surface area (Å²) in [7, 11) is 0. The lowest BCUT2D eigenvalue weighted by Crippen LogP contribution is -1.98. The van der Waals surface area contributed by atoms with E-state index in [0.717, 1.165) is 77.3 Å². The van der Waals surface area contributed by atoms with Crippen LogP contribution in [0.2, 0.25) is 0 Å². The van der Waals surface area contributed by atoms with Crippen LogP contribution in [0.3, 0.4) is 0 Å². The molecule has 0 bridgehead atoms. The van der Waals surface area contributed by atoms with Gasteiger partial charge in [-0.1, -0.05) is 121 Å². The predicted octanol–water partition coefficient (Wildman–Crippen LogP) is 15.0. The maximum atomic E-state index is 6.34. The van der Waals surface area contributed by atoms with Crippen molar-refractivity contribution in [2.45, 2.75) is 0 Å². The number of benzene rings is 9. The van der Waals surface area contributed by atoms with Gasteiger partial charge in [-0.25, -0.2) is 0 Å². The maximum absolute atomic E-state index is 6.34. The highest BCUT2D eigenvalue weighted by atomic mass is 16.3. The Morgan fingerprint density at radius 2 is 0.672 bits per heavy atom. The maximum Gasteiger partial charge on any atom is 0.135 e. The van der Waals surface area contributed by atoms with Crippen LogP contribution in [-0.4, -0.2) is 9.13 Å². The van der Waals surface area contributed by atoms with Gasteiger partial charge in [0.1, 0.15) is 22.3 Å². The Morgan fingerprint density at radius 1 is 0.259 bits per heavy atom. The summed E-state index contributed by atoms with van der Waals surface area (Å²) in [6, 6.07) is 69.8. The minimum Gasteiger partial charge on any atom is -0.456 e. The second-order valence-electron chi connectivity index (χ2n) is 15.3. The largest absolute Gasteiger partial charge is 0.456 e. The first-order valence-electron chi connectivity index (χ1n) is 19.7. The molecule has 0 radical (unpaired) electrons. The molecular formula is C54H32N2O2. The highest BCUT2D eigenvalue weighted by Gasteiger charge is 2.23. The number of fused-ring (bicyclic) bond motifs is 13. The highest BCUT2D eigenvalue weighted by Crippen LogP contribution is 2.45. The van der Waals surface area contributed by atoms with E-state index in [-0.39, 0.29) is 0 Å². The second-order valence-corrected chi connectivity index (χ2v) is 15.3. The molecule has 0 aliphatic rings. The molecule has 0 aliphatic heterocycles. The van der Waals surface area contributed by atoms with E-state index in [0.29, 0.717) is 0 Å². The van der Waals surface area contributed by atoms with Crippen LogP contribution in [0.1, 0.15) is 0 Å². The monoisotopic (exact) mass is 740 g/mol. The van der Waals surface area contributed by atoms with E-state index >= 15 is 0 Å². The fraction of sp³-hybridized carbons (Fsp3) is 0. The molecule has 13 aromatic rings. The molecular weight excluding hydrogens is 709 g/mol. The van der Waals surface area contributed by atoms with Crippen molar-refractivity contribution >= 4 is 87.5 Å². The number of rotatable bonds is 4. The van der Waals surface area contributed by atoms with Crippen LogP contribution in [0, 0.1) is 0 Å². The van der Waals surface area contributed by atoms with Crippen LogP contribution in [0.4, 0.5) is 0 Å². The third kappa shape index (κ3) is 4.45. The van der Waals surface area contributed by atoms with Gasteiger partial charge in [-0.05, 0) is 95.1 Å². The van der Waals surface area contributed by atoms with Gasteiger partial charge in [-0.15, -0.1) is 0 Å². The zero-order valence-corrected chi connectivity index (χ0v) is 31.2. The van der Waals surface area contributed by atoms with Crippen LogP contribution in [0.5, 0.6) is 0 Å². The van der Waals surface area contributed by atoms with Crippen molar-refractivity contribution in [1.82, 2.24) is 9.13 Å². The average molecular weight is 741 g/mol. The molecule has 0 unspecified atom stereocenters. The number of aromatic nitrogens is 2. The normalized spacial score (nSPS) is 12.1. The number of hydrogen-bond donors (Lipinski definition) is 0. The van der Waals surface area contributed by atoms with E-state index in [4.69, 9.17) is 8.83 Å². The molecule has 0 amide bonds. The molecule has 0 fully saturated rings. The van der Waals surface area contributed by atoms with Crippen molar-refractivity contribution < 1.29 is 8.83 Å². The van der Waals surface area contributed by atoms with E-state index in [9.17, 15) is 0 Å². The molecule has 0 saturated heterocycles. The quantitative estimate of drug-likeness (QED) is 0.180. The summed E-state index contributed by atoms with van der Waals surface area (Å²) in [5.41, 5.74) is 15.1. The lowest BCUT2D eigenvalue weighted by Gasteiger charge is -2.13. The number of para-hydroxylation sites is 2. The average Bonchev–Trinajstić information content (AvgIpc) is 4.03. The molecule has 9 aromatic carbocycles. The third-order valence-corrected chi connectivity index (χ3v) is 12.1. The van der Waals surface area contributed by atoms with Crippen molar-refractivity contribution in [2.75, 3.05) is 0 Å². The Kier molecular flexibility index (Phi) is 6.41. The zero-order chi connectivity index (χ0) is 37.9. The Labute approximate surface area is 332 Å². The molecule has 0 aliphatic carbocycles. The van der Waals surface area contributed by atoms with Gasteiger partial charge in [-0.2, -0.15) is 0 Å². The highest BCUT2D eigenvalue weighted by molar-refractivity contribution is 6.25. The summed E-state index contributed by atoms with van der Waals surface area (Å²) in [5.74, 6) is 0. The lowest BCUT2D eigenvalue weighted by molar-refractivity contribution is 0.668. The molecule has 4 aromatic heterocycles. The van der Waals surface area contributed by atoms with E-state index in [1.54, 1.807) is 0 Å². The fourth-order valence-corrected chi connectivity index (χ4v) is 9.46. The third-order valence-electron chi connectivity index (χ3n) is 12.1. The van der Waals surface area contributed by atoms with Crippen LogP contribution >= 0.6 is 0 Å². The molecule has 0 N–H and O–H groups in total. The van der Waals surface area contributed by atoms with Crippen LogP contribution in [0.15, 0.2) is 203 Å². The summed E-state index contributed by atoms with van der Waals surface area (Å²) in [6.07, 6.45) is 0. The number of hydrogen-bond acceptors (Lipinski definition) is 2.